The zero-order valence-electron chi connectivity index (χ0n) is 10.7. The normalized spacial score (nSPS) is 12.4. The Bertz CT molecular complexity index is 556. The molecule has 0 fully saturated rings. The second-order valence-electron chi connectivity index (χ2n) is 4.01. The molecule has 0 radical (unpaired) electrons. The molecule has 2 rings (SSSR count). The van der Waals surface area contributed by atoms with Crippen LogP contribution in [0.2, 0.25) is 8.67 Å². The fraction of sp³-hybridized carbons (Fsp3) is 0.286. The standard InChI is InChI=1S/C14H15Cl2NOS/c1-3-18-10-6-4-5-9(7-10)13(17-2)11-8-12(15)19-14(11)16/h4-8,13,17H,3H2,1-2H3. The lowest BCUT2D eigenvalue weighted by Crippen LogP contribution is -2.17. The predicted octanol–water partition coefficient (Wildman–Crippen LogP) is 4.76. The van der Waals surface area contributed by atoms with E-state index >= 15 is 0 Å². The van der Waals surface area contributed by atoms with Crippen LogP contribution in [0.5, 0.6) is 5.75 Å². The number of hydrogen-bond donors (Lipinski definition) is 1. The van der Waals surface area contributed by atoms with Crippen molar-refractivity contribution in [1.29, 1.82) is 0 Å². The Kier molecular flexibility index (Phi) is 5.11. The van der Waals surface area contributed by atoms with Gasteiger partial charge >= 0.3 is 0 Å². The number of ether oxygens (including phenoxy) is 1. The largest absolute Gasteiger partial charge is 0.494 e. The third-order valence-corrected chi connectivity index (χ3v) is 4.30. The van der Waals surface area contributed by atoms with Gasteiger partial charge in [0.1, 0.15) is 5.75 Å². The van der Waals surface area contributed by atoms with Crippen molar-refractivity contribution in [3.63, 3.8) is 0 Å². The second kappa shape index (κ2) is 6.62. The van der Waals surface area contributed by atoms with Gasteiger partial charge in [-0.2, -0.15) is 0 Å². The minimum absolute atomic E-state index is 0.0108. The first-order valence-corrected chi connectivity index (χ1v) is 7.57. The van der Waals surface area contributed by atoms with E-state index in [-0.39, 0.29) is 6.04 Å². The molecule has 0 aliphatic rings. The third-order valence-electron chi connectivity index (χ3n) is 2.79. The maximum atomic E-state index is 6.23. The van der Waals surface area contributed by atoms with Gasteiger partial charge < -0.3 is 10.1 Å². The Balaban J connectivity index is 2.36. The first-order chi connectivity index (χ1) is 9.15. The van der Waals surface area contributed by atoms with Gasteiger partial charge in [0.2, 0.25) is 0 Å². The van der Waals surface area contributed by atoms with Gasteiger partial charge in [-0.05, 0) is 37.7 Å². The fourth-order valence-corrected chi connectivity index (χ4v) is 3.53. The summed E-state index contributed by atoms with van der Waals surface area (Å²) in [6, 6.07) is 9.91. The van der Waals surface area contributed by atoms with Crippen molar-refractivity contribution in [2.24, 2.45) is 0 Å². The van der Waals surface area contributed by atoms with Crippen LogP contribution < -0.4 is 10.1 Å². The Morgan fingerprint density at radius 1 is 1.32 bits per heavy atom. The molecule has 0 saturated carbocycles. The van der Waals surface area contributed by atoms with Gasteiger partial charge in [-0.1, -0.05) is 35.3 Å². The van der Waals surface area contributed by atoms with E-state index in [9.17, 15) is 0 Å². The summed E-state index contributed by atoms with van der Waals surface area (Å²) in [5.74, 6) is 0.859. The summed E-state index contributed by atoms with van der Waals surface area (Å²) in [5.41, 5.74) is 2.10. The summed E-state index contributed by atoms with van der Waals surface area (Å²) in [7, 11) is 1.90. The van der Waals surface area contributed by atoms with Crippen molar-refractivity contribution < 1.29 is 4.74 Å². The van der Waals surface area contributed by atoms with Gasteiger partial charge in [-0.15, -0.1) is 11.3 Å². The lowest BCUT2D eigenvalue weighted by atomic mass is 10.0. The summed E-state index contributed by atoms with van der Waals surface area (Å²) < 4.78 is 6.94. The molecule has 1 aromatic carbocycles. The number of thiophene rings is 1. The van der Waals surface area contributed by atoms with Crippen LogP contribution in [0, 0.1) is 0 Å². The molecule has 19 heavy (non-hydrogen) atoms. The van der Waals surface area contributed by atoms with Crippen molar-refractivity contribution in [2.45, 2.75) is 13.0 Å². The average molecular weight is 316 g/mol. The lowest BCUT2D eigenvalue weighted by molar-refractivity contribution is 0.339. The van der Waals surface area contributed by atoms with Gasteiger partial charge in [0.15, 0.2) is 0 Å². The Labute approximate surface area is 127 Å². The van der Waals surface area contributed by atoms with Crippen molar-refractivity contribution in [2.75, 3.05) is 13.7 Å². The van der Waals surface area contributed by atoms with Gasteiger partial charge in [-0.25, -0.2) is 0 Å². The van der Waals surface area contributed by atoms with E-state index in [1.54, 1.807) is 0 Å². The summed E-state index contributed by atoms with van der Waals surface area (Å²) >= 11 is 13.6. The van der Waals surface area contributed by atoms with E-state index < -0.39 is 0 Å². The van der Waals surface area contributed by atoms with Gasteiger partial charge in [-0.3, -0.25) is 0 Å². The van der Waals surface area contributed by atoms with Crippen LogP contribution in [0.15, 0.2) is 30.3 Å². The van der Waals surface area contributed by atoms with Crippen molar-refractivity contribution in [3.05, 3.63) is 50.1 Å². The van der Waals surface area contributed by atoms with E-state index in [1.165, 1.54) is 11.3 Å². The molecule has 1 heterocycles. The number of halogens is 2. The van der Waals surface area contributed by atoms with Crippen LogP contribution in [0.3, 0.4) is 0 Å². The molecule has 5 heteroatoms. The highest BCUT2D eigenvalue weighted by molar-refractivity contribution is 7.20. The minimum Gasteiger partial charge on any atom is -0.494 e. The summed E-state index contributed by atoms with van der Waals surface area (Å²) in [5, 5.41) is 3.27. The molecule has 0 amide bonds. The molecule has 0 spiro atoms. The maximum Gasteiger partial charge on any atom is 0.119 e. The monoisotopic (exact) mass is 315 g/mol. The highest BCUT2D eigenvalue weighted by atomic mass is 35.5. The van der Waals surface area contributed by atoms with Crippen molar-refractivity contribution >= 4 is 34.5 Å². The molecule has 0 aliphatic heterocycles. The van der Waals surface area contributed by atoms with Crippen LogP contribution >= 0.6 is 34.5 Å². The zero-order valence-corrected chi connectivity index (χ0v) is 13.1. The first kappa shape index (κ1) is 14.7. The molecular formula is C14H15Cl2NOS. The molecule has 102 valence electrons. The van der Waals surface area contributed by atoms with E-state index in [4.69, 9.17) is 27.9 Å². The zero-order chi connectivity index (χ0) is 13.8. The summed E-state index contributed by atoms with van der Waals surface area (Å²) in [4.78, 5) is 0. The lowest BCUT2D eigenvalue weighted by Gasteiger charge is -2.17. The number of hydrogen-bond acceptors (Lipinski definition) is 3. The molecule has 1 N–H and O–H groups in total. The smallest absolute Gasteiger partial charge is 0.119 e. The SMILES string of the molecule is CCOc1cccc(C(NC)c2cc(Cl)sc2Cl)c1. The quantitative estimate of drug-likeness (QED) is 0.858. The van der Waals surface area contributed by atoms with E-state index in [1.807, 2.05) is 44.3 Å². The van der Waals surface area contributed by atoms with Crippen molar-refractivity contribution in [3.8, 4) is 5.75 Å². The van der Waals surface area contributed by atoms with E-state index in [0.29, 0.717) is 15.3 Å². The summed E-state index contributed by atoms with van der Waals surface area (Å²) in [6.45, 7) is 2.62. The van der Waals surface area contributed by atoms with Crippen LogP contribution in [0.25, 0.3) is 0 Å². The number of nitrogens with one attached hydrogen (secondary N) is 1. The molecule has 1 aromatic heterocycles. The highest BCUT2D eigenvalue weighted by Crippen LogP contribution is 2.37. The van der Waals surface area contributed by atoms with Gasteiger partial charge in [0, 0.05) is 5.56 Å². The van der Waals surface area contributed by atoms with E-state index in [0.717, 1.165) is 16.9 Å². The Morgan fingerprint density at radius 3 is 2.68 bits per heavy atom. The number of rotatable bonds is 5. The van der Waals surface area contributed by atoms with Crippen LogP contribution in [0.1, 0.15) is 24.1 Å². The van der Waals surface area contributed by atoms with Gasteiger partial charge in [0.05, 0.1) is 21.3 Å². The van der Waals surface area contributed by atoms with Gasteiger partial charge in [0.25, 0.3) is 0 Å². The van der Waals surface area contributed by atoms with E-state index in [2.05, 4.69) is 5.32 Å². The molecule has 0 bridgehead atoms. The van der Waals surface area contributed by atoms with Crippen LogP contribution in [-0.2, 0) is 0 Å². The first-order valence-electron chi connectivity index (χ1n) is 6.00. The maximum absolute atomic E-state index is 6.23. The molecule has 2 aromatic rings. The Hall–Kier alpha value is -0.740. The summed E-state index contributed by atoms with van der Waals surface area (Å²) in [6.07, 6.45) is 0. The van der Waals surface area contributed by atoms with Crippen LogP contribution in [-0.4, -0.2) is 13.7 Å². The molecule has 0 saturated heterocycles. The number of benzene rings is 1. The Morgan fingerprint density at radius 2 is 2.11 bits per heavy atom. The second-order valence-corrected chi connectivity index (χ2v) is 6.29. The molecule has 0 aliphatic carbocycles. The predicted molar refractivity (Wildman–Crippen MR) is 82.9 cm³/mol. The molecule has 1 unspecified atom stereocenters. The molecular weight excluding hydrogens is 301 g/mol. The fourth-order valence-electron chi connectivity index (χ4n) is 2.00. The topological polar surface area (TPSA) is 21.3 Å². The third kappa shape index (κ3) is 3.42. The highest BCUT2D eigenvalue weighted by Gasteiger charge is 2.18. The molecule has 1 atom stereocenters. The van der Waals surface area contributed by atoms with Crippen LogP contribution in [0.4, 0.5) is 0 Å². The average Bonchev–Trinajstić information content (AvgIpc) is 2.71. The molecule has 2 nitrogen and oxygen atoms in total. The minimum atomic E-state index is 0.0108. The van der Waals surface area contributed by atoms with Crippen molar-refractivity contribution in [1.82, 2.24) is 5.32 Å².